The average Bonchev–Trinajstić information content (AvgIpc) is 3.54. The number of amides is 3. The molecule has 7 heteroatoms. The Kier molecular flexibility index (Phi) is 4.52. The average molecular weight is 459 g/mol. The number of likely N-dealkylation sites (tertiary alicyclic amines) is 1. The summed E-state index contributed by atoms with van der Waals surface area (Å²) in [5, 5.41) is 3.76. The number of imide groups is 1. The molecule has 7 rings (SSSR count). The normalized spacial score (nSPS) is 40.0. The number of hydrogen-bond donors (Lipinski definition) is 1. The molecule has 6 atom stereocenters. The molecule has 1 N–H and O–H groups in total. The predicted octanol–water partition coefficient (Wildman–Crippen LogP) is 4.54. The fourth-order valence-corrected chi connectivity index (χ4v) is 7.05. The first kappa shape index (κ1) is 19.8. The third kappa shape index (κ3) is 3.00. The molecule has 3 amide bonds. The minimum absolute atomic E-state index is 0.0448. The Bertz CT molecular complexity index is 980. The summed E-state index contributed by atoms with van der Waals surface area (Å²) in [6.45, 7) is 0. The molecular weight excluding hydrogens is 435 g/mol. The van der Waals surface area contributed by atoms with Gasteiger partial charge in [-0.1, -0.05) is 35.4 Å². The third-order valence-electron chi connectivity index (χ3n) is 8.32. The van der Waals surface area contributed by atoms with Gasteiger partial charge in [-0.2, -0.15) is 0 Å². The minimum Gasteiger partial charge on any atom is -0.326 e. The fraction of sp³-hybridized carbons (Fsp3) is 0.542. The quantitative estimate of drug-likeness (QED) is 0.533. The van der Waals surface area contributed by atoms with Crippen LogP contribution in [0.3, 0.4) is 0 Å². The third-order valence-corrected chi connectivity index (χ3v) is 9.06. The van der Waals surface area contributed by atoms with Crippen molar-refractivity contribution < 1.29 is 14.4 Å². The molecule has 4 fully saturated rings. The topological polar surface area (TPSA) is 66.5 Å². The second-order valence-electron chi connectivity index (χ2n) is 9.82. The Morgan fingerprint density at radius 1 is 0.903 bits per heavy atom. The van der Waals surface area contributed by atoms with Crippen molar-refractivity contribution in [1.82, 2.24) is 4.90 Å². The highest BCUT2D eigenvalue weighted by Crippen LogP contribution is 2.65. The van der Waals surface area contributed by atoms with E-state index in [2.05, 4.69) is 17.5 Å². The lowest BCUT2D eigenvalue weighted by Crippen LogP contribution is -2.44. The molecule has 0 unspecified atom stereocenters. The smallest absolute Gasteiger partial charge is 0.233 e. The summed E-state index contributed by atoms with van der Waals surface area (Å²) < 4.78 is 0. The van der Waals surface area contributed by atoms with Gasteiger partial charge < -0.3 is 5.32 Å². The zero-order chi connectivity index (χ0) is 21.4. The molecule has 0 aromatic heterocycles. The number of rotatable bonds is 3. The van der Waals surface area contributed by atoms with Gasteiger partial charge in [0.1, 0.15) is 0 Å². The van der Waals surface area contributed by atoms with E-state index in [0.717, 1.165) is 0 Å². The predicted molar refractivity (Wildman–Crippen MR) is 117 cm³/mol. The molecule has 1 aromatic carbocycles. The Morgan fingerprint density at radius 3 is 2.10 bits per heavy atom. The lowest BCUT2D eigenvalue weighted by atomic mass is 9.63. The van der Waals surface area contributed by atoms with Crippen LogP contribution in [-0.4, -0.2) is 28.7 Å². The molecule has 5 aliphatic carbocycles. The van der Waals surface area contributed by atoms with Crippen molar-refractivity contribution in [2.24, 2.45) is 41.4 Å². The Hall–Kier alpha value is -1.85. The van der Waals surface area contributed by atoms with Gasteiger partial charge in [0.2, 0.25) is 17.7 Å². The lowest BCUT2D eigenvalue weighted by Gasteiger charge is -2.37. The molecule has 1 saturated heterocycles. The van der Waals surface area contributed by atoms with E-state index in [9.17, 15) is 14.4 Å². The van der Waals surface area contributed by atoms with E-state index >= 15 is 0 Å². The Balaban J connectivity index is 1.11. The van der Waals surface area contributed by atoms with Crippen LogP contribution in [0.2, 0.25) is 10.0 Å². The molecule has 2 bridgehead atoms. The van der Waals surface area contributed by atoms with E-state index in [0.29, 0.717) is 53.3 Å². The highest BCUT2D eigenvalue weighted by atomic mass is 35.5. The van der Waals surface area contributed by atoms with Gasteiger partial charge in [-0.3, -0.25) is 19.3 Å². The fourth-order valence-electron chi connectivity index (χ4n) is 6.75. The molecule has 31 heavy (non-hydrogen) atoms. The monoisotopic (exact) mass is 458 g/mol. The van der Waals surface area contributed by atoms with Gasteiger partial charge in [0.25, 0.3) is 0 Å². The van der Waals surface area contributed by atoms with E-state index < -0.39 is 0 Å². The minimum atomic E-state index is -0.137. The van der Waals surface area contributed by atoms with Crippen LogP contribution in [0.25, 0.3) is 0 Å². The highest BCUT2D eigenvalue weighted by Gasteiger charge is 2.67. The van der Waals surface area contributed by atoms with Crippen LogP contribution in [0.4, 0.5) is 5.69 Å². The van der Waals surface area contributed by atoms with Crippen molar-refractivity contribution in [3.05, 3.63) is 40.4 Å². The number of allylic oxidation sites excluding steroid dienone is 2. The number of anilines is 1. The molecule has 1 aliphatic heterocycles. The first-order valence-corrected chi connectivity index (χ1v) is 12.0. The molecule has 3 saturated carbocycles. The van der Waals surface area contributed by atoms with Crippen LogP contribution in [-0.2, 0) is 14.4 Å². The van der Waals surface area contributed by atoms with Crippen LogP contribution in [0.5, 0.6) is 0 Å². The van der Waals surface area contributed by atoms with E-state index in [1.54, 1.807) is 23.1 Å². The maximum Gasteiger partial charge on any atom is 0.233 e. The maximum atomic E-state index is 13.3. The molecule has 1 aromatic rings. The number of hydrogen-bond acceptors (Lipinski definition) is 3. The molecule has 1 heterocycles. The summed E-state index contributed by atoms with van der Waals surface area (Å²) in [7, 11) is 0. The summed E-state index contributed by atoms with van der Waals surface area (Å²) in [6, 6.07) is 4.96. The van der Waals surface area contributed by atoms with Crippen LogP contribution >= 0.6 is 23.2 Å². The van der Waals surface area contributed by atoms with Crippen molar-refractivity contribution in [2.45, 2.75) is 38.1 Å². The zero-order valence-electron chi connectivity index (χ0n) is 17.0. The summed E-state index contributed by atoms with van der Waals surface area (Å²) in [5.41, 5.74) is 0.622. The maximum absolute atomic E-state index is 13.3. The van der Waals surface area contributed by atoms with Crippen LogP contribution < -0.4 is 5.32 Å². The van der Waals surface area contributed by atoms with Crippen molar-refractivity contribution >= 4 is 46.6 Å². The Morgan fingerprint density at radius 2 is 1.52 bits per heavy atom. The summed E-state index contributed by atoms with van der Waals surface area (Å²) in [6.07, 6.45) is 8.30. The van der Waals surface area contributed by atoms with Crippen molar-refractivity contribution in [1.29, 1.82) is 0 Å². The van der Waals surface area contributed by atoms with Crippen LogP contribution in [0.15, 0.2) is 30.4 Å². The summed E-state index contributed by atoms with van der Waals surface area (Å²) in [5.74, 6) is 1.39. The van der Waals surface area contributed by atoms with Crippen LogP contribution in [0.1, 0.15) is 32.1 Å². The number of nitrogens with zero attached hydrogens (tertiary/aromatic N) is 1. The van der Waals surface area contributed by atoms with Gasteiger partial charge >= 0.3 is 0 Å². The van der Waals surface area contributed by atoms with E-state index in [-0.39, 0.29) is 53.4 Å². The second-order valence-corrected chi connectivity index (χ2v) is 10.6. The van der Waals surface area contributed by atoms with Gasteiger partial charge in [-0.15, -0.1) is 0 Å². The second kappa shape index (κ2) is 7.08. The number of benzene rings is 1. The first-order valence-electron chi connectivity index (χ1n) is 11.2. The van der Waals surface area contributed by atoms with Gasteiger partial charge in [0, 0.05) is 17.6 Å². The molecule has 0 spiro atoms. The SMILES string of the molecule is O=C(Nc1ccc(Cl)c(Cl)c1)C1CCC(N2C(=O)[C@H]3[C@@H]4C=C[C@@H]([C@H]5C[C@H]45)[C@@H]3C2=O)CC1. The number of carbonyl (C=O) groups excluding carboxylic acids is 3. The van der Waals surface area contributed by atoms with Gasteiger partial charge in [0.15, 0.2) is 0 Å². The first-order chi connectivity index (χ1) is 14.9. The number of carbonyl (C=O) groups is 3. The van der Waals surface area contributed by atoms with E-state index in [4.69, 9.17) is 23.2 Å². The number of halogens is 2. The van der Waals surface area contributed by atoms with E-state index in [1.807, 2.05) is 0 Å². The molecule has 0 radical (unpaired) electrons. The molecular formula is C24H24Cl2N2O3. The van der Waals surface area contributed by atoms with Crippen molar-refractivity contribution in [3.63, 3.8) is 0 Å². The molecule has 6 aliphatic rings. The standard InChI is InChI=1S/C24H24Cl2N2O3/c25-18-8-3-12(9-19(18)26)27-22(29)11-1-4-13(5-2-11)28-23(30)20-14-6-7-15(17-10-16(14)17)21(20)24(28)31/h3,6-9,11,13-17,20-21H,1-2,4-5,10H2,(H,27,29)/t11?,13?,14-,15+,16-,17-,20+,21+/m1/s1. The lowest BCUT2D eigenvalue weighted by molar-refractivity contribution is -0.144. The number of nitrogens with one attached hydrogen (secondary N) is 1. The molecule has 5 nitrogen and oxygen atoms in total. The van der Waals surface area contributed by atoms with Crippen molar-refractivity contribution in [2.75, 3.05) is 5.32 Å². The van der Waals surface area contributed by atoms with Crippen LogP contribution in [0, 0.1) is 41.4 Å². The van der Waals surface area contributed by atoms with Gasteiger partial charge in [-0.25, -0.2) is 0 Å². The van der Waals surface area contributed by atoms with Gasteiger partial charge in [-0.05, 0) is 74.0 Å². The zero-order valence-corrected chi connectivity index (χ0v) is 18.5. The van der Waals surface area contributed by atoms with Gasteiger partial charge in [0.05, 0.1) is 21.9 Å². The summed E-state index contributed by atoms with van der Waals surface area (Å²) in [4.78, 5) is 40.9. The summed E-state index contributed by atoms with van der Waals surface area (Å²) >= 11 is 12.0. The van der Waals surface area contributed by atoms with E-state index in [1.165, 1.54) is 6.42 Å². The largest absolute Gasteiger partial charge is 0.326 e. The van der Waals surface area contributed by atoms with Crippen molar-refractivity contribution in [3.8, 4) is 0 Å². The highest BCUT2D eigenvalue weighted by molar-refractivity contribution is 6.42. The Labute approximate surface area is 191 Å². The molecule has 162 valence electrons.